The maximum Gasteiger partial charge on any atom is 0.408 e. The van der Waals surface area contributed by atoms with Gasteiger partial charge in [-0.1, -0.05) is 0 Å². The Morgan fingerprint density at radius 2 is 1.69 bits per heavy atom. The fourth-order valence-electron chi connectivity index (χ4n) is 2.81. The zero-order valence-electron chi connectivity index (χ0n) is 10.3. The third-order valence-electron chi connectivity index (χ3n) is 3.54. The van der Waals surface area contributed by atoms with Gasteiger partial charge < -0.3 is 10.1 Å². The fourth-order valence-corrected chi connectivity index (χ4v) is 2.81. The zero-order valence-corrected chi connectivity index (χ0v) is 10.3. The summed E-state index contributed by atoms with van der Waals surface area (Å²) in [6.45, 7) is 7.15. The molecule has 4 nitrogen and oxygen atoms in total. The smallest absolute Gasteiger partial charge is 0.408 e. The van der Waals surface area contributed by atoms with Crippen molar-refractivity contribution in [2.75, 3.05) is 0 Å². The van der Waals surface area contributed by atoms with E-state index in [9.17, 15) is 9.59 Å². The van der Waals surface area contributed by atoms with Gasteiger partial charge in [0.15, 0.2) is 0 Å². The first kappa shape index (κ1) is 11.4. The largest absolute Gasteiger partial charge is 0.444 e. The molecule has 3 rings (SSSR count). The highest BCUT2D eigenvalue weighted by molar-refractivity contribution is 5.87. The number of alkyl carbamates (subject to hydrolysis) is 1. The Morgan fingerprint density at radius 1 is 1.19 bits per heavy atom. The molecular weight excluding hydrogens is 206 g/mol. The molecule has 3 aliphatic carbocycles. The van der Waals surface area contributed by atoms with Crippen LogP contribution in [0.3, 0.4) is 0 Å². The van der Waals surface area contributed by atoms with Crippen LogP contribution in [-0.4, -0.2) is 23.0 Å². The predicted molar refractivity (Wildman–Crippen MR) is 59.1 cm³/mol. The topological polar surface area (TPSA) is 55.4 Å². The normalized spacial score (nSPS) is 35.8. The summed E-state index contributed by atoms with van der Waals surface area (Å²) in [4.78, 5) is 22.8. The minimum atomic E-state index is -0.466. The van der Waals surface area contributed by atoms with Crippen LogP contribution in [0.2, 0.25) is 0 Å². The summed E-state index contributed by atoms with van der Waals surface area (Å²) in [7, 11) is 0. The summed E-state index contributed by atoms with van der Waals surface area (Å²) >= 11 is 0. The highest BCUT2D eigenvalue weighted by atomic mass is 16.6. The molecule has 2 bridgehead atoms. The van der Waals surface area contributed by atoms with E-state index in [0.717, 1.165) is 19.3 Å². The molecule has 3 fully saturated rings. The molecule has 16 heavy (non-hydrogen) atoms. The summed E-state index contributed by atoms with van der Waals surface area (Å²) in [5.74, 6) is 0.250. The van der Waals surface area contributed by atoms with Crippen molar-refractivity contribution in [3.8, 4) is 0 Å². The third kappa shape index (κ3) is 1.70. The van der Waals surface area contributed by atoms with Crippen LogP contribution in [0.4, 0.5) is 4.79 Å². The molecule has 3 saturated carbocycles. The SMILES string of the molecule is CC(=O)C12CC(NC(=O)OC(C)(C)C)(C1)C2. The number of hydrogen-bond donors (Lipinski definition) is 1. The average Bonchev–Trinajstić information content (AvgIpc) is 1.88. The molecule has 3 aliphatic rings. The van der Waals surface area contributed by atoms with Gasteiger partial charge in [-0.2, -0.15) is 0 Å². The number of Topliss-reactive ketones (excluding diaryl/α,β-unsaturated/α-hetero) is 1. The van der Waals surface area contributed by atoms with Crippen molar-refractivity contribution in [1.82, 2.24) is 5.32 Å². The molecule has 0 aliphatic heterocycles. The first-order valence-corrected chi connectivity index (χ1v) is 5.69. The van der Waals surface area contributed by atoms with Crippen LogP contribution in [0.25, 0.3) is 0 Å². The number of rotatable bonds is 2. The molecular formula is C12H19NO3. The van der Waals surface area contributed by atoms with Crippen LogP contribution < -0.4 is 5.32 Å². The molecule has 0 spiro atoms. The molecule has 0 aromatic rings. The van der Waals surface area contributed by atoms with E-state index in [1.54, 1.807) is 6.92 Å². The van der Waals surface area contributed by atoms with Gasteiger partial charge in [0.05, 0.1) is 0 Å². The first-order chi connectivity index (χ1) is 7.17. The van der Waals surface area contributed by atoms with Crippen molar-refractivity contribution in [3.05, 3.63) is 0 Å². The second kappa shape index (κ2) is 2.99. The lowest BCUT2D eigenvalue weighted by Crippen LogP contribution is -2.76. The van der Waals surface area contributed by atoms with Gasteiger partial charge in [-0.05, 0) is 47.0 Å². The van der Waals surface area contributed by atoms with Gasteiger partial charge in [-0.15, -0.1) is 0 Å². The average molecular weight is 225 g/mol. The minimum absolute atomic E-state index is 0.116. The van der Waals surface area contributed by atoms with Crippen molar-refractivity contribution < 1.29 is 14.3 Å². The quantitative estimate of drug-likeness (QED) is 0.782. The fraction of sp³-hybridized carbons (Fsp3) is 0.833. The predicted octanol–water partition coefficient (Wildman–Crippen LogP) is 2.02. The van der Waals surface area contributed by atoms with Crippen molar-refractivity contribution >= 4 is 11.9 Å². The number of ether oxygens (including phenoxy) is 1. The van der Waals surface area contributed by atoms with Gasteiger partial charge >= 0.3 is 6.09 Å². The van der Waals surface area contributed by atoms with Gasteiger partial charge in [-0.3, -0.25) is 4.79 Å². The molecule has 0 aromatic carbocycles. The van der Waals surface area contributed by atoms with Crippen LogP contribution >= 0.6 is 0 Å². The van der Waals surface area contributed by atoms with Crippen molar-refractivity contribution in [1.29, 1.82) is 0 Å². The van der Waals surface area contributed by atoms with Crippen LogP contribution in [0.1, 0.15) is 47.0 Å². The number of hydrogen-bond acceptors (Lipinski definition) is 3. The maximum atomic E-state index is 11.5. The van der Waals surface area contributed by atoms with E-state index in [-0.39, 0.29) is 22.8 Å². The lowest BCUT2D eigenvalue weighted by atomic mass is 9.38. The molecule has 0 radical (unpaired) electrons. The Hall–Kier alpha value is -1.06. The molecule has 1 N–H and O–H groups in total. The second-order valence-corrected chi connectivity index (χ2v) is 6.27. The Labute approximate surface area is 95.7 Å². The first-order valence-electron chi connectivity index (χ1n) is 5.69. The Balaban J connectivity index is 1.83. The Bertz CT molecular complexity index is 334. The molecule has 0 aromatic heterocycles. The molecule has 1 amide bonds. The summed E-state index contributed by atoms with van der Waals surface area (Å²) in [6, 6.07) is 0. The summed E-state index contributed by atoms with van der Waals surface area (Å²) in [5.41, 5.74) is -0.727. The lowest BCUT2D eigenvalue weighted by Gasteiger charge is -2.69. The Kier molecular flexibility index (Phi) is 2.14. The van der Waals surface area contributed by atoms with Crippen LogP contribution in [0.5, 0.6) is 0 Å². The highest BCUT2D eigenvalue weighted by Gasteiger charge is 2.71. The number of nitrogens with one attached hydrogen (secondary N) is 1. The summed E-state index contributed by atoms with van der Waals surface area (Å²) in [5, 5.41) is 2.88. The van der Waals surface area contributed by atoms with E-state index in [2.05, 4.69) is 5.32 Å². The van der Waals surface area contributed by atoms with E-state index in [1.807, 2.05) is 20.8 Å². The van der Waals surface area contributed by atoms with Crippen molar-refractivity contribution in [3.63, 3.8) is 0 Å². The van der Waals surface area contributed by atoms with Gasteiger partial charge in [-0.25, -0.2) is 4.79 Å². The molecule has 4 heteroatoms. The summed E-state index contributed by atoms with van der Waals surface area (Å²) < 4.78 is 5.19. The van der Waals surface area contributed by atoms with Gasteiger partial charge in [0.2, 0.25) is 0 Å². The Morgan fingerprint density at radius 3 is 2.06 bits per heavy atom. The van der Waals surface area contributed by atoms with E-state index in [4.69, 9.17) is 4.74 Å². The van der Waals surface area contributed by atoms with Crippen molar-refractivity contribution in [2.45, 2.75) is 58.1 Å². The number of carbonyl (C=O) groups is 2. The molecule has 0 unspecified atom stereocenters. The van der Waals surface area contributed by atoms with Crippen LogP contribution in [-0.2, 0) is 9.53 Å². The van der Waals surface area contributed by atoms with Crippen LogP contribution in [0.15, 0.2) is 0 Å². The van der Waals surface area contributed by atoms with Gasteiger partial charge in [0, 0.05) is 11.0 Å². The standard InChI is InChI=1S/C12H19NO3/c1-8(14)11-5-12(6-11,7-11)13-9(15)16-10(2,3)4/h5-7H2,1-4H3,(H,13,15). The minimum Gasteiger partial charge on any atom is -0.444 e. The number of amides is 1. The second-order valence-electron chi connectivity index (χ2n) is 6.27. The monoisotopic (exact) mass is 225 g/mol. The molecule has 90 valence electrons. The van der Waals surface area contributed by atoms with Gasteiger partial charge in [0.1, 0.15) is 11.4 Å². The van der Waals surface area contributed by atoms with E-state index >= 15 is 0 Å². The lowest BCUT2D eigenvalue weighted by molar-refractivity contribution is -0.175. The number of carbonyl (C=O) groups excluding carboxylic acids is 2. The maximum absolute atomic E-state index is 11.5. The van der Waals surface area contributed by atoms with Crippen molar-refractivity contribution in [2.24, 2.45) is 5.41 Å². The van der Waals surface area contributed by atoms with Gasteiger partial charge in [0.25, 0.3) is 0 Å². The van der Waals surface area contributed by atoms with Crippen LogP contribution in [0, 0.1) is 5.41 Å². The van der Waals surface area contributed by atoms with E-state index in [0.29, 0.717) is 0 Å². The molecule has 0 heterocycles. The summed E-state index contributed by atoms with van der Waals surface area (Å²) in [6.07, 6.45) is 1.99. The molecule has 0 saturated heterocycles. The zero-order chi connectivity index (χ0) is 12.2. The molecule has 0 atom stereocenters. The van der Waals surface area contributed by atoms with E-state index < -0.39 is 5.60 Å². The third-order valence-corrected chi connectivity index (χ3v) is 3.54. The number of ketones is 1. The highest BCUT2D eigenvalue weighted by Crippen LogP contribution is 2.67. The van der Waals surface area contributed by atoms with E-state index in [1.165, 1.54) is 0 Å².